The van der Waals surface area contributed by atoms with Crippen LogP contribution in [0.4, 0.5) is 17.1 Å². The van der Waals surface area contributed by atoms with Gasteiger partial charge in [0.25, 0.3) is 0 Å². The van der Waals surface area contributed by atoms with E-state index < -0.39 is 5.41 Å². The van der Waals surface area contributed by atoms with Crippen LogP contribution in [0.3, 0.4) is 0 Å². The number of para-hydroxylation sites is 1. The molecule has 59 heavy (non-hydrogen) atoms. The molecule has 0 aliphatic heterocycles. The highest BCUT2D eigenvalue weighted by Crippen LogP contribution is 2.58. The maximum atomic E-state index is 2.50. The molecule has 0 N–H and O–H groups in total. The summed E-state index contributed by atoms with van der Waals surface area (Å²) in [5.41, 5.74) is 20.6. The zero-order chi connectivity index (χ0) is 39.6. The molecule has 9 aromatic rings. The average molecular weight is 754 g/mol. The van der Waals surface area contributed by atoms with Gasteiger partial charge in [0.1, 0.15) is 0 Å². The van der Waals surface area contributed by atoms with E-state index in [9.17, 15) is 0 Å². The van der Waals surface area contributed by atoms with E-state index in [1.165, 1.54) is 77.9 Å². The third-order valence-corrected chi connectivity index (χ3v) is 13.0. The molecule has 280 valence electrons. The van der Waals surface area contributed by atoms with Gasteiger partial charge in [0.05, 0.1) is 11.1 Å². The van der Waals surface area contributed by atoms with Crippen LogP contribution in [-0.4, -0.2) is 0 Å². The lowest BCUT2D eigenvalue weighted by Crippen LogP contribution is -2.28. The molecule has 0 spiro atoms. The van der Waals surface area contributed by atoms with Crippen LogP contribution in [0.5, 0.6) is 0 Å². The van der Waals surface area contributed by atoms with Crippen LogP contribution in [0, 0.1) is 0 Å². The Kier molecular flexibility index (Phi) is 8.13. The van der Waals surface area contributed by atoms with E-state index in [2.05, 4.69) is 243 Å². The van der Waals surface area contributed by atoms with Crippen LogP contribution < -0.4 is 4.90 Å². The number of nitrogens with zero attached hydrogens (tertiary/aromatic N) is 1. The number of benzene rings is 9. The first-order valence-corrected chi connectivity index (χ1v) is 20.7. The van der Waals surface area contributed by atoms with Crippen molar-refractivity contribution in [2.75, 3.05) is 4.90 Å². The third-order valence-electron chi connectivity index (χ3n) is 13.0. The Morgan fingerprint density at radius 1 is 0.305 bits per heavy atom. The Labute approximate surface area is 347 Å². The first kappa shape index (κ1) is 35.0. The van der Waals surface area contributed by atoms with Crippen molar-refractivity contribution in [3.8, 4) is 44.5 Å². The molecule has 0 radical (unpaired) electrons. The standard InChI is InChI=1S/C58H43N/c1-57(2)52-27-15-12-25-48(52)50-36-34-45(38-54(50)57)59(56-29-17-14-24-47(56)42-32-30-41(31-33-42)40-18-6-3-7-19-40)46-35-37-51-49-26-13-16-28-53(49)58(55(51)39-46,43-20-8-4-9-21-43)44-22-10-5-11-23-44/h3-39H,1-2H3. The van der Waals surface area contributed by atoms with Crippen molar-refractivity contribution in [2.24, 2.45) is 0 Å². The molecule has 0 unspecified atom stereocenters. The maximum Gasteiger partial charge on any atom is 0.0714 e. The normalized spacial score (nSPS) is 13.9. The first-order chi connectivity index (χ1) is 29.0. The van der Waals surface area contributed by atoms with Gasteiger partial charge >= 0.3 is 0 Å². The summed E-state index contributed by atoms with van der Waals surface area (Å²) in [6.45, 7) is 4.74. The topological polar surface area (TPSA) is 3.24 Å². The number of fused-ring (bicyclic) bond motifs is 6. The predicted molar refractivity (Wildman–Crippen MR) is 247 cm³/mol. The van der Waals surface area contributed by atoms with Gasteiger partial charge in [-0.05, 0) is 103 Å². The van der Waals surface area contributed by atoms with Crippen molar-refractivity contribution in [2.45, 2.75) is 24.7 Å². The number of hydrogen-bond acceptors (Lipinski definition) is 1. The minimum atomic E-state index is -0.509. The Morgan fingerprint density at radius 2 is 0.729 bits per heavy atom. The van der Waals surface area contributed by atoms with E-state index in [4.69, 9.17) is 0 Å². The smallest absolute Gasteiger partial charge is 0.0714 e. The van der Waals surface area contributed by atoms with Gasteiger partial charge in [-0.25, -0.2) is 0 Å². The van der Waals surface area contributed by atoms with Gasteiger partial charge in [0, 0.05) is 22.4 Å². The molecule has 0 amide bonds. The molecule has 0 heterocycles. The van der Waals surface area contributed by atoms with E-state index in [-0.39, 0.29) is 5.41 Å². The fourth-order valence-corrected chi connectivity index (χ4v) is 10.2. The van der Waals surface area contributed by atoms with Gasteiger partial charge in [-0.3, -0.25) is 0 Å². The van der Waals surface area contributed by atoms with Crippen molar-refractivity contribution in [3.05, 3.63) is 258 Å². The zero-order valence-corrected chi connectivity index (χ0v) is 33.3. The monoisotopic (exact) mass is 753 g/mol. The van der Waals surface area contributed by atoms with Gasteiger partial charge in [0.15, 0.2) is 0 Å². The fraction of sp³-hybridized carbons (Fsp3) is 0.0690. The average Bonchev–Trinajstić information content (AvgIpc) is 3.73. The van der Waals surface area contributed by atoms with Crippen LogP contribution in [0.1, 0.15) is 47.2 Å². The molecule has 0 atom stereocenters. The highest BCUT2D eigenvalue weighted by molar-refractivity contribution is 5.94. The molecule has 1 nitrogen and oxygen atoms in total. The second kappa shape index (κ2) is 13.7. The van der Waals surface area contributed by atoms with Crippen LogP contribution >= 0.6 is 0 Å². The summed E-state index contributed by atoms with van der Waals surface area (Å²) in [5.74, 6) is 0. The predicted octanol–water partition coefficient (Wildman–Crippen LogP) is 15.2. The second-order valence-corrected chi connectivity index (χ2v) is 16.5. The Balaban J connectivity index is 1.16. The molecular formula is C58H43N. The summed E-state index contributed by atoms with van der Waals surface area (Å²) in [7, 11) is 0. The Hall–Kier alpha value is -7.22. The summed E-state index contributed by atoms with van der Waals surface area (Å²) in [6.07, 6.45) is 0. The molecule has 2 aliphatic rings. The van der Waals surface area contributed by atoms with Gasteiger partial charge in [-0.2, -0.15) is 0 Å². The van der Waals surface area contributed by atoms with Gasteiger partial charge < -0.3 is 4.90 Å². The van der Waals surface area contributed by atoms with Crippen LogP contribution in [0.15, 0.2) is 224 Å². The molecule has 0 saturated carbocycles. The summed E-state index contributed by atoms with van der Waals surface area (Å²) in [4.78, 5) is 2.50. The molecule has 1 heteroatoms. The fourth-order valence-electron chi connectivity index (χ4n) is 10.2. The number of rotatable bonds is 7. The SMILES string of the molecule is CC1(C)c2ccccc2-c2ccc(N(c3ccc4c(c3)C(c3ccccc3)(c3ccccc3)c3ccccc3-4)c3ccccc3-c3ccc(-c4ccccc4)cc3)cc21. The van der Waals surface area contributed by atoms with Crippen LogP contribution in [0.2, 0.25) is 0 Å². The lowest BCUT2D eigenvalue weighted by Gasteiger charge is -2.35. The van der Waals surface area contributed by atoms with Crippen LogP contribution in [0.25, 0.3) is 44.5 Å². The van der Waals surface area contributed by atoms with E-state index in [0.717, 1.165) is 17.1 Å². The van der Waals surface area contributed by atoms with E-state index >= 15 is 0 Å². The van der Waals surface area contributed by atoms with Gasteiger partial charge in [0.2, 0.25) is 0 Å². The lowest BCUT2D eigenvalue weighted by atomic mass is 9.67. The summed E-state index contributed by atoms with van der Waals surface area (Å²) >= 11 is 0. The lowest BCUT2D eigenvalue weighted by molar-refractivity contribution is 0.660. The summed E-state index contributed by atoms with van der Waals surface area (Å²) < 4.78 is 0. The van der Waals surface area contributed by atoms with E-state index in [1.807, 2.05) is 0 Å². The molecule has 9 aromatic carbocycles. The number of hydrogen-bond donors (Lipinski definition) is 0. The molecule has 0 bridgehead atoms. The van der Waals surface area contributed by atoms with Crippen molar-refractivity contribution >= 4 is 17.1 Å². The molecule has 0 saturated heterocycles. The van der Waals surface area contributed by atoms with Crippen molar-refractivity contribution in [1.29, 1.82) is 0 Å². The minimum absolute atomic E-state index is 0.143. The molecule has 2 aliphatic carbocycles. The molecule has 0 fully saturated rings. The van der Waals surface area contributed by atoms with E-state index in [1.54, 1.807) is 0 Å². The van der Waals surface area contributed by atoms with Gasteiger partial charge in [-0.1, -0.05) is 208 Å². The van der Waals surface area contributed by atoms with Crippen molar-refractivity contribution < 1.29 is 0 Å². The maximum absolute atomic E-state index is 2.50. The Morgan fingerprint density at radius 3 is 1.36 bits per heavy atom. The van der Waals surface area contributed by atoms with Crippen molar-refractivity contribution in [1.82, 2.24) is 0 Å². The van der Waals surface area contributed by atoms with Gasteiger partial charge in [-0.15, -0.1) is 0 Å². The molecule has 11 rings (SSSR count). The second-order valence-electron chi connectivity index (χ2n) is 16.5. The molecule has 0 aromatic heterocycles. The third kappa shape index (κ3) is 5.39. The zero-order valence-electron chi connectivity index (χ0n) is 33.3. The Bertz CT molecular complexity index is 2960. The first-order valence-electron chi connectivity index (χ1n) is 20.7. The molecular weight excluding hydrogens is 711 g/mol. The van der Waals surface area contributed by atoms with E-state index in [0.29, 0.717) is 0 Å². The van der Waals surface area contributed by atoms with Crippen molar-refractivity contribution in [3.63, 3.8) is 0 Å². The number of anilines is 3. The largest absolute Gasteiger partial charge is 0.310 e. The van der Waals surface area contributed by atoms with Crippen LogP contribution in [-0.2, 0) is 10.8 Å². The minimum Gasteiger partial charge on any atom is -0.310 e. The highest BCUT2D eigenvalue weighted by Gasteiger charge is 2.46. The quantitative estimate of drug-likeness (QED) is 0.157. The summed E-state index contributed by atoms with van der Waals surface area (Å²) in [5, 5.41) is 0. The highest BCUT2D eigenvalue weighted by atomic mass is 15.1. The summed E-state index contributed by atoms with van der Waals surface area (Å²) in [6, 6.07) is 83.0.